The summed E-state index contributed by atoms with van der Waals surface area (Å²) in [5, 5.41) is 122. The fraction of sp³-hybridized carbons (Fsp3) is 1.00. The number of ether oxygens (including phenoxy) is 7. The van der Waals surface area contributed by atoms with Gasteiger partial charge in [0, 0.05) is 0 Å². The zero-order chi connectivity index (χ0) is 31.0. The van der Waals surface area contributed by atoms with Crippen molar-refractivity contribution >= 4 is 0 Å². The lowest BCUT2D eigenvalue weighted by Gasteiger charge is -2.47. The minimum atomic E-state index is -1.90. The monoisotopic (exact) mass is 620 g/mol. The molecule has 4 heterocycles. The molecule has 0 saturated carbocycles. The van der Waals surface area contributed by atoms with Crippen LogP contribution in [-0.4, -0.2) is 198 Å². The Balaban J connectivity index is 1.36. The summed E-state index contributed by atoms with van der Waals surface area (Å²) < 4.78 is 37.8. The average molecular weight is 621 g/mol. The van der Waals surface area contributed by atoms with E-state index in [0.717, 1.165) is 0 Å². The van der Waals surface area contributed by atoms with Crippen LogP contribution >= 0.6 is 0 Å². The molecule has 0 aromatic carbocycles. The molecule has 0 aliphatic carbocycles. The minimum absolute atomic E-state index is 0.469. The van der Waals surface area contributed by atoms with E-state index in [-0.39, 0.29) is 0 Å². The van der Waals surface area contributed by atoms with E-state index in [4.69, 9.17) is 33.2 Å². The molecule has 4 saturated heterocycles. The van der Waals surface area contributed by atoms with Crippen LogP contribution in [0, 0.1) is 0 Å². The van der Waals surface area contributed by atoms with Crippen molar-refractivity contribution in [1.29, 1.82) is 0 Å². The van der Waals surface area contributed by atoms with Crippen molar-refractivity contribution in [3.05, 3.63) is 0 Å². The van der Waals surface area contributed by atoms with Crippen molar-refractivity contribution < 1.29 is 94.4 Å². The summed E-state index contributed by atoms with van der Waals surface area (Å²) in [5.74, 6) is 0. The van der Waals surface area contributed by atoms with Crippen molar-refractivity contribution in [3.8, 4) is 0 Å². The van der Waals surface area contributed by atoms with E-state index >= 15 is 0 Å². The molecule has 0 spiro atoms. The number of hydrogen-bond donors (Lipinski definition) is 12. The van der Waals surface area contributed by atoms with E-state index in [1.807, 2.05) is 0 Å². The van der Waals surface area contributed by atoms with Crippen molar-refractivity contribution in [2.24, 2.45) is 0 Å². The van der Waals surface area contributed by atoms with Crippen molar-refractivity contribution in [2.45, 2.75) is 124 Å². The van der Waals surface area contributed by atoms with Crippen LogP contribution in [0.5, 0.6) is 0 Å². The maximum atomic E-state index is 10.7. The number of hydrogen-bond acceptors (Lipinski definition) is 19. The van der Waals surface area contributed by atoms with Gasteiger partial charge in [0.25, 0.3) is 0 Å². The third-order valence-electron chi connectivity index (χ3n) is 7.79. The summed E-state index contributed by atoms with van der Waals surface area (Å²) in [7, 11) is 0. The summed E-state index contributed by atoms with van der Waals surface area (Å²) in [5.41, 5.74) is 0. The molecular weight excluding hydrogens is 580 g/mol. The van der Waals surface area contributed by atoms with Gasteiger partial charge in [-0.15, -0.1) is 0 Å². The van der Waals surface area contributed by atoms with Gasteiger partial charge in [0.05, 0.1) is 25.9 Å². The first-order chi connectivity index (χ1) is 19.8. The molecule has 0 unspecified atom stereocenters. The fourth-order valence-electron chi connectivity index (χ4n) is 5.21. The third-order valence-corrected chi connectivity index (χ3v) is 7.79. The molecular formula is C23H40O19. The van der Waals surface area contributed by atoms with E-state index in [2.05, 4.69) is 0 Å². The Morgan fingerprint density at radius 1 is 0.524 bits per heavy atom. The summed E-state index contributed by atoms with van der Waals surface area (Å²) >= 11 is 0. The maximum absolute atomic E-state index is 10.7. The lowest BCUT2D eigenvalue weighted by molar-refractivity contribution is -0.377. The smallest absolute Gasteiger partial charge is 0.187 e. The molecule has 4 aliphatic heterocycles. The molecule has 0 amide bonds. The topological polar surface area (TPSA) is 307 Å². The molecule has 0 bridgehead atoms. The van der Waals surface area contributed by atoms with Gasteiger partial charge < -0.3 is 94.4 Å². The Morgan fingerprint density at radius 3 is 1.69 bits per heavy atom. The lowest BCUT2D eigenvalue weighted by atomic mass is 9.96. The second-order valence-electron chi connectivity index (χ2n) is 10.7. The molecule has 42 heavy (non-hydrogen) atoms. The quantitative estimate of drug-likeness (QED) is 0.120. The Kier molecular flexibility index (Phi) is 11.5. The van der Waals surface area contributed by atoms with E-state index in [0.29, 0.717) is 0 Å². The summed E-state index contributed by atoms with van der Waals surface area (Å²) in [4.78, 5) is 0. The fourth-order valence-corrected chi connectivity index (χ4v) is 5.21. The molecule has 19 nitrogen and oxygen atoms in total. The van der Waals surface area contributed by atoms with Gasteiger partial charge in [0.2, 0.25) is 0 Å². The number of aliphatic hydroxyl groups is 12. The van der Waals surface area contributed by atoms with E-state index in [1.54, 1.807) is 0 Å². The van der Waals surface area contributed by atoms with Crippen LogP contribution in [0.1, 0.15) is 6.92 Å². The Bertz CT molecular complexity index is 851. The second kappa shape index (κ2) is 14.1. The molecule has 4 fully saturated rings. The Hall–Kier alpha value is -0.760. The van der Waals surface area contributed by atoms with E-state index in [9.17, 15) is 61.3 Å². The van der Waals surface area contributed by atoms with Gasteiger partial charge >= 0.3 is 0 Å². The summed E-state index contributed by atoms with van der Waals surface area (Å²) in [6.07, 6.45) is -30.5. The molecule has 4 rings (SSSR count). The van der Waals surface area contributed by atoms with Crippen LogP contribution in [0.4, 0.5) is 0 Å². The molecule has 19 heteroatoms. The highest BCUT2D eigenvalue weighted by Crippen LogP contribution is 2.32. The van der Waals surface area contributed by atoms with E-state index < -0.39 is 137 Å². The predicted molar refractivity (Wildman–Crippen MR) is 126 cm³/mol. The number of rotatable bonds is 8. The number of aliphatic hydroxyl groups excluding tert-OH is 12. The maximum Gasteiger partial charge on any atom is 0.187 e. The first-order valence-electron chi connectivity index (χ1n) is 13.4. The highest BCUT2D eigenvalue weighted by atomic mass is 16.8. The normalized spacial score (nSPS) is 54.1. The van der Waals surface area contributed by atoms with Crippen LogP contribution in [0.2, 0.25) is 0 Å². The van der Waals surface area contributed by atoms with Crippen LogP contribution in [0.15, 0.2) is 0 Å². The zero-order valence-corrected chi connectivity index (χ0v) is 22.3. The highest BCUT2D eigenvalue weighted by Gasteiger charge is 2.53. The molecule has 4 aliphatic rings. The molecule has 0 aromatic rings. The molecule has 19 atom stereocenters. The lowest BCUT2D eigenvalue weighted by Crippen LogP contribution is -2.66. The third kappa shape index (κ3) is 6.74. The van der Waals surface area contributed by atoms with Gasteiger partial charge in [-0.2, -0.15) is 0 Å². The molecule has 12 N–H and O–H groups in total. The van der Waals surface area contributed by atoms with Gasteiger partial charge in [-0.25, -0.2) is 0 Å². The Labute approximate surface area is 238 Å². The first-order valence-corrected chi connectivity index (χ1v) is 13.4. The average Bonchev–Trinajstić information content (AvgIpc) is 2.97. The largest absolute Gasteiger partial charge is 0.394 e. The van der Waals surface area contributed by atoms with Gasteiger partial charge in [-0.3, -0.25) is 0 Å². The molecule has 0 radical (unpaired) electrons. The summed E-state index contributed by atoms with van der Waals surface area (Å²) in [6, 6.07) is 0. The van der Waals surface area contributed by atoms with Crippen LogP contribution in [-0.2, 0) is 33.2 Å². The SMILES string of the molecule is C[C@@H]1O[C@@H](O)[C@@H](O)[C@@H](O)[C@H]1O[C@H]1OC[C@H](O[C@@H]2O[C@@H](CO)[C@@H](O[C@H]3O[C@@H](CO)[C@H](O)[C@@H](O)[C@H]3O)[C@@H](O)[C@H]2O)[C@@H](O)[C@H]1O. The first kappa shape index (κ1) is 34.1. The summed E-state index contributed by atoms with van der Waals surface area (Å²) in [6.45, 7) is -0.610. The zero-order valence-electron chi connectivity index (χ0n) is 22.3. The standard InChI is InChI=1S/C23H40O19/c1-5-18(12(29)14(31)20(35)37-5)41-21-15(32)10(27)8(4-36-21)40-22-17(34)13(30)19(7(3-25)39-22)42-23-16(33)11(28)9(26)6(2-24)38-23/h5-35H,2-4H2,1H3/t5-,6-,7-,8-,9-,10+,11+,12+,13-,14-,15+,16+,17+,18-,19+,20+,21+,22-,23+/m0/s1. The van der Waals surface area contributed by atoms with Crippen molar-refractivity contribution in [2.75, 3.05) is 19.8 Å². The second-order valence-corrected chi connectivity index (χ2v) is 10.7. The van der Waals surface area contributed by atoms with Gasteiger partial charge in [0.1, 0.15) is 85.5 Å². The molecule has 246 valence electrons. The van der Waals surface area contributed by atoms with Crippen molar-refractivity contribution in [3.63, 3.8) is 0 Å². The Morgan fingerprint density at radius 2 is 1.05 bits per heavy atom. The van der Waals surface area contributed by atoms with Crippen LogP contribution in [0.3, 0.4) is 0 Å². The molecule has 0 aromatic heterocycles. The predicted octanol–water partition coefficient (Wildman–Crippen LogP) is -8.08. The highest BCUT2D eigenvalue weighted by molar-refractivity contribution is 4.95. The van der Waals surface area contributed by atoms with Crippen LogP contribution in [0.25, 0.3) is 0 Å². The van der Waals surface area contributed by atoms with Crippen LogP contribution < -0.4 is 0 Å². The van der Waals surface area contributed by atoms with Gasteiger partial charge in [-0.1, -0.05) is 0 Å². The van der Waals surface area contributed by atoms with Gasteiger partial charge in [-0.05, 0) is 6.92 Å². The van der Waals surface area contributed by atoms with Crippen molar-refractivity contribution in [1.82, 2.24) is 0 Å². The minimum Gasteiger partial charge on any atom is -0.394 e. The van der Waals surface area contributed by atoms with E-state index in [1.165, 1.54) is 6.92 Å². The van der Waals surface area contributed by atoms with Gasteiger partial charge in [0.15, 0.2) is 25.2 Å².